The number of nitrogens with zero attached hydrogens (tertiary/aromatic N) is 4. The lowest BCUT2D eigenvalue weighted by Crippen LogP contribution is -2.08. The summed E-state index contributed by atoms with van der Waals surface area (Å²) in [6, 6.07) is 33.5. The van der Waals surface area contributed by atoms with Gasteiger partial charge in [0, 0.05) is 27.5 Å². The summed E-state index contributed by atoms with van der Waals surface area (Å²) in [5.41, 5.74) is 8.42. The fourth-order valence-corrected chi connectivity index (χ4v) is 5.59. The molecule has 0 fully saturated rings. The molecule has 45 heavy (non-hydrogen) atoms. The molecule has 7 rings (SSSR count). The highest BCUT2D eigenvalue weighted by atomic mass is 15.2. The molecule has 218 valence electrons. The van der Waals surface area contributed by atoms with Crippen molar-refractivity contribution in [2.45, 2.75) is 13.3 Å². The van der Waals surface area contributed by atoms with Gasteiger partial charge in [-0.1, -0.05) is 159 Å². The van der Waals surface area contributed by atoms with Gasteiger partial charge in [-0.05, 0) is 30.5 Å². The lowest BCUT2D eigenvalue weighted by atomic mass is 9.94. The zero-order valence-corrected chi connectivity index (χ0v) is 25.4. The van der Waals surface area contributed by atoms with Gasteiger partial charge in [-0.2, -0.15) is 9.97 Å². The first-order valence-electron chi connectivity index (χ1n) is 15.0. The van der Waals surface area contributed by atoms with Crippen LogP contribution in [0.5, 0.6) is 0 Å². The molecule has 6 aromatic rings. The second-order valence-corrected chi connectivity index (χ2v) is 10.7. The number of fused-ring (bicyclic) bond motifs is 3. The van der Waals surface area contributed by atoms with Gasteiger partial charge in [0.2, 0.25) is 5.95 Å². The average molecular weight is 583 g/mol. The summed E-state index contributed by atoms with van der Waals surface area (Å²) in [5, 5.41) is 2.30. The van der Waals surface area contributed by atoms with Gasteiger partial charge in [0.1, 0.15) is 0 Å². The normalized spacial score (nSPS) is 12.2. The number of allylic oxidation sites excluding steroid dienone is 9. The molecule has 0 radical (unpaired) electrons. The van der Waals surface area contributed by atoms with Gasteiger partial charge in [-0.3, -0.25) is 4.57 Å². The molecule has 0 amide bonds. The van der Waals surface area contributed by atoms with Crippen LogP contribution in [0.15, 0.2) is 159 Å². The highest BCUT2D eigenvalue weighted by Crippen LogP contribution is 2.39. The molecule has 1 aliphatic carbocycles. The summed E-state index contributed by atoms with van der Waals surface area (Å²) in [7, 11) is 0. The molecule has 0 spiro atoms. The van der Waals surface area contributed by atoms with Crippen LogP contribution in [-0.4, -0.2) is 19.5 Å². The topological polar surface area (TPSA) is 43.6 Å². The van der Waals surface area contributed by atoms with Crippen molar-refractivity contribution in [3.8, 4) is 28.5 Å². The highest BCUT2D eigenvalue weighted by molar-refractivity contribution is 6.14. The third-order valence-corrected chi connectivity index (χ3v) is 7.65. The van der Waals surface area contributed by atoms with Gasteiger partial charge < -0.3 is 0 Å². The van der Waals surface area contributed by atoms with Gasteiger partial charge in [0.05, 0.1) is 11.0 Å². The van der Waals surface area contributed by atoms with E-state index < -0.39 is 0 Å². The Bertz CT molecular complexity index is 2140. The number of para-hydroxylation sites is 2. The number of rotatable bonds is 6. The van der Waals surface area contributed by atoms with Crippen LogP contribution in [0.4, 0.5) is 0 Å². The average Bonchev–Trinajstić information content (AvgIpc) is 3.21. The molecule has 0 atom stereocenters. The molecule has 2 heterocycles. The first kappa shape index (κ1) is 29.2. The van der Waals surface area contributed by atoms with E-state index in [1.54, 1.807) is 12.2 Å². The third kappa shape index (κ3) is 5.86. The van der Waals surface area contributed by atoms with E-state index in [0.29, 0.717) is 17.6 Å². The van der Waals surface area contributed by atoms with Crippen LogP contribution in [0.25, 0.3) is 61.4 Å². The van der Waals surface area contributed by atoms with Crippen molar-refractivity contribution >= 4 is 33.0 Å². The molecule has 0 aliphatic heterocycles. The van der Waals surface area contributed by atoms with Crippen molar-refractivity contribution in [1.29, 1.82) is 0 Å². The number of aromatic nitrogens is 4. The molecule has 0 saturated heterocycles. The van der Waals surface area contributed by atoms with E-state index in [1.165, 1.54) is 0 Å². The Hall–Kier alpha value is -5.87. The Morgan fingerprint density at radius 3 is 2.20 bits per heavy atom. The Kier molecular flexibility index (Phi) is 8.56. The molecule has 1 aliphatic rings. The zero-order valence-electron chi connectivity index (χ0n) is 25.4. The van der Waals surface area contributed by atoms with Crippen molar-refractivity contribution in [2.75, 3.05) is 0 Å². The molecular weight excluding hydrogens is 548 g/mol. The lowest BCUT2D eigenvalue weighted by molar-refractivity contribution is 0.932. The number of hydrogen-bond acceptors (Lipinski definition) is 3. The van der Waals surface area contributed by atoms with Gasteiger partial charge in [-0.25, -0.2) is 4.98 Å². The maximum atomic E-state index is 5.14. The van der Waals surface area contributed by atoms with Crippen LogP contribution in [0, 0.1) is 0 Å². The van der Waals surface area contributed by atoms with Crippen LogP contribution >= 0.6 is 0 Å². The number of hydrogen-bond donors (Lipinski definition) is 0. The van der Waals surface area contributed by atoms with Crippen molar-refractivity contribution in [1.82, 2.24) is 19.5 Å². The minimum absolute atomic E-state index is 0.590. The predicted molar refractivity (Wildman–Crippen MR) is 191 cm³/mol. The Morgan fingerprint density at radius 1 is 0.711 bits per heavy atom. The van der Waals surface area contributed by atoms with E-state index in [4.69, 9.17) is 15.0 Å². The van der Waals surface area contributed by atoms with Gasteiger partial charge in [0.25, 0.3) is 0 Å². The molecule has 0 N–H and O–H groups in total. The second kappa shape index (κ2) is 13.2. The molecule has 4 nitrogen and oxygen atoms in total. The standard InChI is InChI=1S/C37H28N4.C4H6/c1-25(2)28-19-10-11-20-29(28)31-22-14-23-32-30-21-12-13-24-33(30)41(34(31)32)37-39-35(26-15-6-3-4-7-16-26)38-36(40-37)27-17-8-5-9-18-27;1-3-4-2/h3-6,8-24H,1,7H2,2H3;3-4H,1-2H2. The van der Waals surface area contributed by atoms with E-state index in [2.05, 4.69) is 122 Å². The van der Waals surface area contributed by atoms with Crippen LogP contribution in [0.2, 0.25) is 0 Å². The summed E-state index contributed by atoms with van der Waals surface area (Å²) in [5.74, 6) is 1.88. The van der Waals surface area contributed by atoms with E-state index in [1.807, 2.05) is 36.4 Å². The molecule has 0 bridgehead atoms. The minimum Gasteiger partial charge on any atom is -0.277 e. The Labute approximate surface area is 264 Å². The molecule has 4 aromatic carbocycles. The largest absolute Gasteiger partial charge is 0.277 e. The monoisotopic (exact) mass is 582 g/mol. The smallest absolute Gasteiger partial charge is 0.238 e. The van der Waals surface area contributed by atoms with Crippen molar-refractivity contribution in [3.05, 3.63) is 171 Å². The van der Waals surface area contributed by atoms with Crippen molar-refractivity contribution < 1.29 is 0 Å². The van der Waals surface area contributed by atoms with E-state index >= 15 is 0 Å². The summed E-state index contributed by atoms with van der Waals surface area (Å²) >= 11 is 0. The van der Waals surface area contributed by atoms with Crippen LogP contribution in [0.1, 0.15) is 24.7 Å². The molecule has 4 heteroatoms. The first-order chi connectivity index (χ1) is 22.1. The first-order valence-corrected chi connectivity index (χ1v) is 15.0. The summed E-state index contributed by atoms with van der Waals surface area (Å²) in [6.07, 6.45) is 14.6. The second-order valence-electron chi connectivity index (χ2n) is 10.7. The lowest BCUT2D eigenvalue weighted by Gasteiger charge is -2.15. The van der Waals surface area contributed by atoms with Crippen LogP contribution in [0.3, 0.4) is 0 Å². The fourth-order valence-electron chi connectivity index (χ4n) is 5.59. The van der Waals surface area contributed by atoms with E-state index in [9.17, 15) is 0 Å². The van der Waals surface area contributed by atoms with Gasteiger partial charge in [-0.15, -0.1) is 0 Å². The van der Waals surface area contributed by atoms with Crippen molar-refractivity contribution in [3.63, 3.8) is 0 Å². The summed E-state index contributed by atoms with van der Waals surface area (Å²) in [6.45, 7) is 13.1. The zero-order chi connectivity index (χ0) is 31.2. The summed E-state index contributed by atoms with van der Waals surface area (Å²) in [4.78, 5) is 15.2. The quantitative estimate of drug-likeness (QED) is 0.184. The maximum absolute atomic E-state index is 5.14. The molecule has 2 aromatic heterocycles. The Balaban J connectivity index is 0.000000845. The van der Waals surface area contributed by atoms with Crippen LogP contribution in [-0.2, 0) is 0 Å². The SMILES string of the molecule is C=C(C)c1ccccc1-c1cccc2c3ccccc3n(-c3nc(C4=CCC=CC=C4)nc(-c4ccccc4)n3)c12.C=CC=C. The Morgan fingerprint density at radius 2 is 1.40 bits per heavy atom. The maximum Gasteiger partial charge on any atom is 0.238 e. The molecule has 0 saturated carbocycles. The summed E-state index contributed by atoms with van der Waals surface area (Å²) < 4.78 is 2.20. The third-order valence-electron chi connectivity index (χ3n) is 7.65. The van der Waals surface area contributed by atoms with E-state index in [-0.39, 0.29) is 0 Å². The predicted octanol–water partition coefficient (Wildman–Crippen LogP) is 10.6. The van der Waals surface area contributed by atoms with Crippen molar-refractivity contribution in [2.24, 2.45) is 0 Å². The fraction of sp³-hybridized carbons (Fsp3) is 0.0488. The highest BCUT2D eigenvalue weighted by Gasteiger charge is 2.21. The minimum atomic E-state index is 0.590. The van der Waals surface area contributed by atoms with Crippen LogP contribution < -0.4 is 0 Å². The van der Waals surface area contributed by atoms with E-state index in [0.717, 1.165) is 61.6 Å². The van der Waals surface area contributed by atoms with Gasteiger partial charge >= 0.3 is 0 Å². The number of benzene rings is 4. The molecule has 0 unspecified atom stereocenters. The molecular formula is C41H34N4. The van der Waals surface area contributed by atoms with Gasteiger partial charge in [0.15, 0.2) is 11.6 Å².